The molecule has 2 aromatic carbocycles. The van der Waals surface area contributed by atoms with Crippen LogP contribution in [0.2, 0.25) is 10.0 Å². The topological polar surface area (TPSA) is 74.8 Å². The Morgan fingerprint density at radius 2 is 1.55 bits per heavy atom. The number of allylic oxidation sites excluding steroid dienone is 2. The number of nitrogens with zero attached hydrogens (tertiary/aromatic N) is 2. The average Bonchev–Trinajstić information content (AvgIpc) is 3.09. The summed E-state index contributed by atoms with van der Waals surface area (Å²) in [4.78, 5) is 53.9. The van der Waals surface area contributed by atoms with Crippen LogP contribution in [-0.2, 0) is 9.59 Å². The summed E-state index contributed by atoms with van der Waals surface area (Å²) in [5, 5.41) is 2.33. The van der Waals surface area contributed by atoms with Gasteiger partial charge in [-0.1, -0.05) is 72.6 Å². The van der Waals surface area contributed by atoms with E-state index >= 15 is 0 Å². The van der Waals surface area contributed by atoms with Gasteiger partial charge in [0.1, 0.15) is 6.04 Å². The van der Waals surface area contributed by atoms with E-state index in [0.29, 0.717) is 18.4 Å². The van der Waals surface area contributed by atoms with Crippen LogP contribution in [0.1, 0.15) is 46.9 Å². The number of hydrazine groups is 1. The fourth-order valence-corrected chi connectivity index (χ4v) is 4.69. The molecule has 4 rings (SSSR count). The highest BCUT2D eigenvalue weighted by Crippen LogP contribution is 2.37. The van der Waals surface area contributed by atoms with Gasteiger partial charge < -0.3 is 0 Å². The number of carbonyl (C=O) groups is 4. The van der Waals surface area contributed by atoms with Crippen LogP contribution in [0, 0.1) is 11.8 Å². The first-order valence-corrected chi connectivity index (χ1v) is 11.5. The maximum atomic E-state index is 13.7. The normalized spacial score (nSPS) is 20.5. The Hall–Kier alpha value is -2.96. The second-order valence-corrected chi connectivity index (χ2v) is 8.89. The zero-order valence-electron chi connectivity index (χ0n) is 17.9. The minimum atomic E-state index is -1.06. The molecule has 0 aromatic heterocycles. The van der Waals surface area contributed by atoms with Crippen LogP contribution < -0.4 is 0 Å². The molecular weight excluding hydrogens is 463 g/mol. The van der Waals surface area contributed by atoms with Crippen molar-refractivity contribution in [3.8, 4) is 0 Å². The number of amides is 3. The molecular formula is C25H22Cl2N2O4. The molecule has 1 aliphatic heterocycles. The highest BCUT2D eigenvalue weighted by atomic mass is 35.5. The van der Waals surface area contributed by atoms with E-state index in [1.165, 1.54) is 18.2 Å². The van der Waals surface area contributed by atoms with E-state index in [1.54, 1.807) is 37.3 Å². The Morgan fingerprint density at radius 1 is 0.939 bits per heavy atom. The van der Waals surface area contributed by atoms with Gasteiger partial charge in [-0.15, -0.1) is 0 Å². The van der Waals surface area contributed by atoms with Crippen molar-refractivity contribution in [1.29, 1.82) is 0 Å². The number of Topliss-reactive ketones (excluding diaryl/α,β-unsaturated/α-hetero) is 1. The van der Waals surface area contributed by atoms with Crippen LogP contribution in [0.4, 0.5) is 0 Å². The molecule has 0 saturated carbocycles. The fourth-order valence-electron chi connectivity index (χ4n) is 4.39. The Morgan fingerprint density at radius 3 is 2.09 bits per heavy atom. The molecule has 6 nitrogen and oxygen atoms in total. The molecule has 1 fully saturated rings. The number of imide groups is 1. The van der Waals surface area contributed by atoms with Gasteiger partial charge in [-0.25, -0.2) is 5.01 Å². The van der Waals surface area contributed by atoms with Gasteiger partial charge in [0.25, 0.3) is 17.7 Å². The Labute approximate surface area is 201 Å². The molecule has 0 bridgehead atoms. The first-order valence-electron chi connectivity index (χ1n) is 10.8. The van der Waals surface area contributed by atoms with Gasteiger partial charge in [-0.05, 0) is 37.5 Å². The SMILES string of the molecule is CC[C@H](C(=O)c1ccccc1)N(C(=O)c1ccc(Cl)c(Cl)c1)N1C(=O)[C@H]2CC=CC[C@@H]2C1=O. The molecule has 1 aliphatic carbocycles. The number of fused-ring (bicyclic) bond motifs is 1. The van der Waals surface area contributed by atoms with Gasteiger partial charge in [0.05, 0.1) is 21.9 Å². The summed E-state index contributed by atoms with van der Waals surface area (Å²) >= 11 is 12.1. The minimum Gasteiger partial charge on any atom is -0.292 e. The summed E-state index contributed by atoms with van der Waals surface area (Å²) in [5.41, 5.74) is 0.506. The van der Waals surface area contributed by atoms with E-state index in [9.17, 15) is 19.2 Å². The van der Waals surface area contributed by atoms with Crippen LogP contribution in [0.15, 0.2) is 60.7 Å². The second-order valence-electron chi connectivity index (χ2n) is 8.08. The van der Waals surface area contributed by atoms with E-state index in [4.69, 9.17) is 23.2 Å². The molecule has 170 valence electrons. The molecule has 2 aliphatic rings. The lowest BCUT2D eigenvalue weighted by atomic mass is 9.85. The lowest BCUT2D eigenvalue weighted by Gasteiger charge is -2.36. The number of carbonyl (C=O) groups excluding carboxylic acids is 4. The first kappa shape index (κ1) is 23.2. The summed E-state index contributed by atoms with van der Waals surface area (Å²) in [7, 11) is 0. The molecule has 8 heteroatoms. The zero-order chi connectivity index (χ0) is 23.7. The van der Waals surface area contributed by atoms with Crippen LogP contribution in [0.25, 0.3) is 0 Å². The van der Waals surface area contributed by atoms with E-state index in [2.05, 4.69) is 0 Å². The third-order valence-electron chi connectivity index (χ3n) is 6.12. The van der Waals surface area contributed by atoms with E-state index < -0.39 is 35.6 Å². The molecule has 0 radical (unpaired) electrons. The molecule has 33 heavy (non-hydrogen) atoms. The van der Waals surface area contributed by atoms with Crippen LogP contribution >= 0.6 is 23.2 Å². The Bertz CT molecular complexity index is 1120. The van der Waals surface area contributed by atoms with Crippen LogP contribution in [0.3, 0.4) is 0 Å². The summed E-state index contributed by atoms with van der Waals surface area (Å²) in [6, 6.07) is 11.7. The minimum absolute atomic E-state index is 0.123. The van der Waals surface area contributed by atoms with Crippen LogP contribution in [-0.4, -0.2) is 39.6 Å². The van der Waals surface area contributed by atoms with Gasteiger partial charge in [-0.3, -0.25) is 19.2 Å². The van der Waals surface area contributed by atoms with Gasteiger partial charge in [0.2, 0.25) is 0 Å². The van der Waals surface area contributed by atoms with Crippen molar-refractivity contribution in [2.24, 2.45) is 11.8 Å². The van der Waals surface area contributed by atoms with Crippen molar-refractivity contribution in [3.63, 3.8) is 0 Å². The Balaban J connectivity index is 1.80. The monoisotopic (exact) mass is 484 g/mol. The van der Waals surface area contributed by atoms with Gasteiger partial charge >= 0.3 is 0 Å². The quantitative estimate of drug-likeness (QED) is 0.329. The van der Waals surface area contributed by atoms with E-state index in [-0.39, 0.29) is 27.8 Å². The van der Waals surface area contributed by atoms with Crippen molar-refractivity contribution in [2.45, 2.75) is 32.2 Å². The summed E-state index contributed by atoms with van der Waals surface area (Å²) in [6.45, 7) is 1.74. The van der Waals surface area contributed by atoms with Crippen molar-refractivity contribution < 1.29 is 19.2 Å². The van der Waals surface area contributed by atoms with Gasteiger partial charge in [-0.2, -0.15) is 5.01 Å². The first-order chi connectivity index (χ1) is 15.8. The largest absolute Gasteiger partial charge is 0.292 e. The summed E-state index contributed by atoms with van der Waals surface area (Å²) < 4.78 is 0. The third kappa shape index (κ3) is 4.21. The van der Waals surface area contributed by atoms with Gasteiger partial charge in [0.15, 0.2) is 5.78 Å². The molecule has 2 aromatic rings. The maximum absolute atomic E-state index is 13.7. The fraction of sp³-hybridized carbons (Fsp3) is 0.280. The predicted molar refractivity (Wildman–Crippen MR) is 125 cm³/mol. The van der Waals surface area contributed by atoms with Gasteiger partial charge in [0, 0.05) is 11.1 Å². The lowest BCUT2D eigenvalue weighted by Crippen LogP contribution is -2.57. The number of hydrogen-bond acceptors (Lipinski definition) is 4. The molecule has 0 unspecified atom stereocenters. The summed E-state index contributed by atoms with van der Waals surface area (Å²) in [5.74, 6) is -3.06. The number of ketones is 1. The molecule has 3 amide bonds. The molecule has 0 spiro atoms. The average molecular weight is 485 g/mol. The molecule has 3 atom stereocenters. The number of rotatable bonds is 6. The number of benzene rings is 2. The van der Waals surface area contributed by atoms with Crippen LogP contribution in [0.5, 0.6) is 0 Å². The van der Waals surface area contributed by atoms with Crippen molar-refractivity contribution >= 4 is 46.7 Å². The highest BCUT2D eigenvalue weighted by Gasteiger charge is 2.52. The zero-order valence-corrected chi connectivity index (χ0v) is 19.4. The summed E-state index contributed by atoms with van der Waals surface area (Å²) in [6.07, 6.45) is 4.78. The van der Waals surface area contributed by atoms with Crippen molar-refractivity contribution in [2.75, 3.05) is 0 Å². The maximum Gasteiger partial charge on any atom is 0.273 e. The van der Waals surface area contributed by atoms with E-state index in [1.807, 2.05) is 12.2 Å². The Kier molecular flexibility index (Phi) is 6.68. The smallest absolute Gasteiger partial charge is 0.273 e. The second kappa shape index (κ2) is 9.49. The van der Waals surface area contributed by atoms with Crippen molar-refractivity contribution in [3.05, 3.63) is 81.9 Å². The molecule has 1 saturated heterocycles. The highest BCUT2D eigenvalue weighted by molar-refractivity contribution is 6.42. The molecule has 0 N–H and O–H groups in total. The van der Waals surface area contributed by atoms with Crippen molar-refractivity contribution in [1.82, 2.24) is 10.0 Å². The van der Waals surface area contributed by atoms with E-state index in [0.717, 1.165) is 10.0 Å². The lowest BCUT2D eigenvalue weighted by molar-refractivity contribution is -0.156. The molecule has 1 heterocycles. The standard InChI is InChI=1S/C25H22Cl2N2O4/c1-2-21(22(30)15-8-4-3-5-9-15)28(23(31)16-12-13-19(26)20(27)14-16)29-24(32)17-10-6-7-11-18(17)25(29)33/h3-9,12-14,17-18,21H,2,10-11H2,1H3/t17-,18-,21+/m0/s1. The third-order valence-corrected chi connectivity index (χ3v) is 6.86. The number of halogens is 2. The number of hydrogen-bond donors (Lipinski definition) is 0. The predicted octanol–water partition coefficient (Wildman–Crippen LogP) is 4.96.